The topological polar surface area (TPSA) is 23.6 Å². The Morgan fingerprint density at radius 1 is 0.786 bits per heavy atom. The number of alkyl halides is 3. The van der Waals surface area contributed by atoms with Crippen LogP contribution in [0.15, 0.2) is 97.1 Å². The summed E-state index contributed by atoms with van der Waals surface area (Å²) in [4.78, 5) is 17.8. The molecule has 3 nitrogen and oxygen atoms in total. The van der Waals surface area contributed by atoms with Crippen LogP contribution in [-0.2, 0) is 36.8 Å². The summed E-state index contributed by atoms with van der Waals surface area (Å²) < 4.78 is 57.3. The van der Waals surface area contributed by atoms with Crippen molar-refractivity contribution in [3.05, 3.63) is 142 Å². The highest BCUT2D eigenvalue weighted by molar-refractivity contribution is 5.79. The van der Waals surface area contributed by atoms with Crippen LogP contribution in [0.25, 0.3) is 0 Å². The zero-order chi connectivity index (χ0) is 28.6. The van der Waals surface area contributed by atoms with E-state index in [1.807, 2.05) is 53.4 Å². The lowest BCUT2D eigenvalue weighted by molar-refractivity contribution is -0.138. The van der Waals surface area contributed by atoms with E-state index >= 15 is 0 Å². The lowest BCUT2D eigenvalue weighted by atomic mass is 9.86. The molecule has 6 rings (SSSR count). The van der Waals surface area contributed by atoms with Gasteiger partial charge in [0.15, 0.2) is 0 Å². The molecule has 7 heteroatoms. The molecule has 1 heterocycles. The standard InChI is InChI=1S/C34H30F4N2O.CH4/c35-31-16-8-4-12-26(31)21-40(27-19-24-10-1-2-11-25(24)20-27)32(41)22-39-18-17-23-9-3-5-13-28(23)33(39)29-14-6-7-15-30(29)34(36,37)38;/h1-16,27,33H,17-22H2;1H4/t33-;/m0./s1. The molecule has 0 unspecified atom stereocenters. The molecule has 1 aliphatic heterocycles. The third-order valence-electron chi connectivity index (χ3n) is 8.37. The number of halogens is 4. The number of hydrogen-bond acceptors (Lipinski definition) is 2. The minimum atomic E-state index is -4.54. The number of carbonyl (C=O) groups excluding carboxylic acids is 1. The molecule has 0 N–H and O–H groups in total. The Bertz CT molecular complexity index is 1540. The van der Waals surface area contributed by atoms with Gasteiger partial charge < -0.3 is 4.90 Å². The van der Waals surface area contributed by atoms with Crippen LogP contribution in [0.2, 0.25) is 0 Å². The molecule has 1 atom stereocenters. The molecule has 0 bridgehead atoms. The van der Waals surface area contributed by atoms with Crippen LogP contribution in [0.5, 0.6) is 0 Å². The number of rotatable bonds is 6. The Hall–Kier alpha value is -3.97. The first-order chi connectivity index (χ1) is 19.8. The first-order valence-electron chi connectivity index (χ1n) is 13.9. The summed E-state index contributed by atoms with van der Waals surface area (Å²) in [6.07, 6.45) is -2.61. The largest absolute Gasteiger partial charge is 0.416 e. The van der Waals surface area contributed by atoms with E-state index in [-0.39, 0.29) is 43.8 Å². The van der Waals surface area contributed by atoms with Gasteiger partial charge in [0.25, 0.3) is 0 Å². The van der Waals surface area contributed by atoms with E-state index < -0.39 is 17.8 Å². The normalized spacial score (nSPS) is 16.8. The minimum Gasteiger partial charge on any atom is -0.333 e. The first kappa shape index (κ1) is 29.5. The van der Waals surface area contributed by atoms with Crippen molar-refractivity contribution in [2.75, 3.05) is 13.1 Å². The van der Waals surface area contributed by atoms with E-state index in [0.29, 0.717) is 31.4 Å². The highest BCUT2D eigenvalue weighted by Crippen LogP contribution is 2.42. The summed E-state index contributed by atoms with van der Waals surface area (Å²) in [6.45, 7) is 0.447. The van der Waals surface area contributed by atoms with Gasteiger partial charge in [0.2, 0.25) is 5.91 Å². The third-order valence-corrected chi connectivity index (χ3v) is 8.37. The number of benzene rings is 4. The Kier molecular flexibility index (Phi) is 8.50. The summed E-state index contributed by atoms with van der Waals surface area (Å²) in [6, 6.07) is 26.7. The lowest BCUT2D eigenvalue weighted by Crippen LogP contribution is -2.48. The molecule has 0 aromatic heterocycles. The molecule has 1 amide bonds. The third kappa shape index (κ3) is 5.84. The van der Waals surface area contributed by atoms with Gasteiger partial charge in [-0.2, -0.15) is 13.2 Å². The second-order valence-electron chi connectivity index (χ2n) is 10.9. The SMILES string of the molecule is C.O=C(CN1CCc2ccccc2[C@H]1c1ccccc1C(F)(F)F)N(Cc1ccccc1F)C1Cc2ccccc2C1. The monoisotopic (exact) mass is 574 g/mol. The van der Waals surface area contributed by atoms with Crippen LogP contribution in [-0.4, -0.2) is 34.8 Å². The van der Waals surface area contributed by atoms with Crippen molar-refractivity contribution in [3.8, 4) is 0 Å². The van der Waals surface area contributed by atoms with E-state index in [4.69, 9.17) is 0 Å². The summed E-state index contributed by atoms with van der Waals surface area (Å²) in [5, 5.41) is 0. The van der Waals surface area contributed by atoms with Gasteiger partial charge >= 0.3 is 6.18 Å². The predicted octanol–water partition coefficient (Wildman–Crippen LogP) is 7.62. The second kappa shape index (κ2) is 12.1. The highest BCUT2D eigenvalue weighted by atomic mass is 19.4. The van der Waals surface area contributed by atoms with Crippen molar-refractivity contribution in [3.63, 3.8) is 0 Å². The summed E-state index contributed by atoms with van der Waals surface area (Å²) in [7, 11) is 0. The summed E-state index contributed by atoms with van der Waals surface area (Å²) in [5.74, 6) is -0.607. The molecule has 4 aromatic rings. The smallest absolute Gasteiger partial charge is 0.333 e. The Morgan fingerprint density at radius 3 is 2.02 bits per heavy atom. The Balaban J connectivity index is 0.00000353. The first-order valence-corrected chi connectivity index (χ1v) is 13.9. The van der Waals surface area contributed by atoms with Crippen LogP contribution in [0.3, 0.4) is 0 Å². The van der Waals surface area contributed by atoms with Crippen molar-refractivity contribution in [2.45, 2.75) is 51.5 Å². The van der Waals surface area contributed by atoms with Gasteiger partial charge in [-0.05, 0) is 59.2 Å². The molecular formula is C35H34F4N2O. The zero-order valence-electron chi connectivity index (χ0n) is 22.4. The van der Waals surface area contributed by atoms with Crippen molar-refractivity contribution >= 4 is 5.91 Å². The minimum absolute atomic E-state index is 0. The van der Waals surface area contributed by atoms with Crippen LogP contribution in [0, 0.1) is 5.82 Å². The van der Waals surface area contributed by atoms with Gasteiger partial charge in [0, 0.05) is 24.7 Å². The lowest BCUT2D eigenvalue weighted by Gasteiger charge is -2.40. The fourth-order valence-electron chi connectivity index (χ4n) is 6.40. The summed E-state index contributed by atoms with van der Waals surface area (Å²) in [5.41, 5.74) is 3.92. The molecule has 218 valence electrons. The van der Waals surface area contributed by atoms with E-state index in [9.17, 15) is 22.4 Å². The quantitative estimate of drug-likeness (QED) is 0.221. The van der Waals surface area contributed by atoms with E-state index in [0.717, 1.165) is 28.3 Å². The second-order valence-corrected chi connectivity index (χ2v) is 10.9. The maximum atomic E-state index is 14.8. The fourth-order valence-corrected chi connectivity index (χ4v) is 6.40. The van der Waals surface area contributed by atoms with Crippen molar-refractivity contribution in [1.29, 1.82) is 0 Å². The highest BCUT2D eigenvalue weighted by Gasteiger charge is 2.40. The molecule has 0 radical (unpaired) electrons. The van der Waals surface area contributed by atoms with Gasteiger partial charge in [-0.1, -0.05) is 92.4 Å². The van der Waals surface area contributed by atoms with Gasteiger partial charge in [-0.3, -0.25) is 9.69 Å². The van der Waals surface area contributed by atoms with Crippen molar-refractivity contribution < 1.29 is 22.4 Å². The molecule has 0 saturated carbocycles. The maximum Gasteiger partial charge on any atom is 0.416 e. The molecule has 4 aromatic carbocycles. The van der Waals surface area contributed by atoms with Gasteiger partial charge in [-0.15, -0.1) is 0 Å². The Labute approximate surface area is 244 Å². The van der Waals surface area contributed by atoms with Crippen molar-refractivity contribution in [1.82, 2.24) is 9.80 Å². The van der Waals surface area contributed by atoms with E-state index in [1.54, 1.807) is 29.2 Å². The van der Waals surface area contributed by atoms with Gasteiger partial charge in [0.05, 0.1) is 18.2 Å². The molecule has 0 saturated heterocycles. The van der Waals surface area contributed by atoms with E-state index in [1.165, 1.54) is 18.2 Å². The number of hydrogen-bond donors (Lipinski definition) is 0. The Morgan fingerprint density at radius 2 is 1.36 bits per heavy atom. The van der Waals surface area contributed by atoms with Crippen LogP contribution in [0.4, 0.5) is 17.6 Å². The number of carbonyl (C=O) groups is 1. The predicted molar refractivity (Wildman–Crippen MR) is 156 cm³/mol. The fraction of sp³-hybridized carbons (Fsp3) is 0.286. The summed E-state index contributed by atoms with van der Waals surface area (Å²) >= 11 is 0. The molecule has 0 fully saturated rings. The number of fused-ring (bicyclic) bond motifs is 2. The average molecular weight is 575 g/mol. The number of amides is 1. The van der Waals surface area contributed by atoms with Gasteiger partial charge in [-0.25, -0.2) is 4.39 Å². The molecule has 42 heavy (non-hydrogen) atoms. The average Bonchev–Trinajstić information content (AvgIpc) is 3.40. The maximum absolute atomic E-state index is 14.8. The number of nitrogens with zero attached hydrogens (tertiary/aromatic N) is 2. The van der Waals surface area contributed by atoms with Crippen LogP contribution in [0.1, 0.15) is 52.4 Å². The zero-order valence-corrected chi connectivity index (χ0v) is 22.4. The van der Waals surface area contributed by atoms with Crippen molar-refractivity contribution in [2.24, 2.45) is 0 Å². The van der Waals surface area contributed by atoms with Crippen LogP contribution < -0.4 is 0 Å². The molecule has 1 aliphatic carbocycles. The molecule has 2 aliphatic rings. The molecule has 0 spiro atoms. The van der Waals surface area contributed by atoms with Gasteiger partial charge in [0.1, 0.15) is 5.82 Å². The van der Waals surface area contributed by atoms with Crippen LogP contribution >= 0.6 is 0 Å². The molecular weight excluding hydrogens is 540 g/mol. The van der Waals surface area contributed by atoms with E-state index in [2.05, 4.69) is 0 Å².